The predicted octanol–water partition coefficient (Wildman–Crippen LogP) is 3.65. The van der Waals surface area contributed by atoms with Crippen molar-refractivity contribution >= 4 is 18.6 Å². The minimum atomic E-state index is 1.29. The Balaban J connectivity index is 0.000000531. The van der Waals surface area contributed by atoms with Crippen LogP contribution in [0.25, 0.3) is 0 Å². The molecule has 0 N–H and O–H groups in total. The molecule has 0 aliphatic rings. The lowest BCUT2D eigenvalue weighted by Crippen LogP contribution is -1.70. The molecule has 0 saturated heterocycles. The van der Waals surface area contributed by atoms with E-state index in [-0.39, 0.29) is 0 Å². The molecule has 2 heteroatoms. The highest BCUT2D eigenvalue weighted by molar-refractivity contribution is 7.99. The monoisotopic (exact) mass is 216 g/mol. The molecule has 0 fully saturated rings. The lowest BCUT2D eigenvalue weighted by Gasteiger charge is -1.99. The summed E-state index contributed by atoms with van der Waals surface area (Å²) >= 11 is 1.79. The summed E-state index contributed by atoms with van der Waals surface area (Å²) in [5.41, 5.74) is 0. The summed E-state index contributed by atoms with van der Waals surface area (Å²) in [7, 11) is 0. The lowest BCUT2D eigenvalue weighted by molar-refractivity contribution is -0.0979. The Labute approximate surface area is 94.1 Å². The predicted molar refractivity (Wildman–Crippen MR) is 64.1 cm³/mol. The van der Waals surface area contributed by atoms with E-state index in [2.05, 4.69) is 48.5 Å². The molecule has 0 saturated carbocycles. The van der Waals surface area contributed by atoms with Gasteiger partial charge in [-0.2, -0.15) is 0 Å². The van der Waals surface area contributed by atoms with Crippen molar-refractivity contribution in [1.29, 1.82) is 0 Å². The molecule has 0 aliphatic heterocycles. The van der Waals surface area contributed by atoms with Crippen LogP contribution in [0.1, 0.15) is 0 Å². The van der Waals surface area contributed by atoms with Crippen molar-refractivity contribution in [2.45, 2.75) is 9.79 Å². The molecule has 2 rings (SSSR count). The molecule has 0 bridgehead atoms. The normalized spacial score (nSPS) is 8.80. The van der Waals surface area contributed by atoms with Crippen LogP contribution < -0.4 is 0 Å². The van der Waals surface area contributed by atoms with Gasteiger partial charge in [-0.05, 0) is 24.3 Å². The zero-order valence-corrected chi connectivity index (χ0v) is 9.11. The SMILES string of the molecule is C=O.c1ccc(Sc2ccccc2)cc1. The van der Waals surface area contributed by atoms with E-state index in [1.807, 2.05) is 18.9 Å². The number of carbonyl (C=O) groups is 1. The number of hydrogen-bond acceptors (Lipinski definition) is 2. The van der Waals surface area contributed by atoms with Crippen LogP contribution in [0, 0.1) is 0 Å². The van der Waals surface area contributed by atoms with E-state index < -0.39 is 0 Å². The first-order chi connectivity index (χ1) is 7.45. The Morgan fingerprint density at radius 2 is 1.00 bits per heavy atom. The van der Waals surface area contributed by atoms with Crippen LogP contribution in [0.2, 0.25) is 0 Å². The van der Waals surface area contributed by atoms with Crippen LogP contribution in [0.15, 0.2) is 70.5 Å². The number of hydrogen-bond donors (Lipinski definition) is 0. The largest absolute Gasteiger partial charge is 0.307 e. The van der Waals surface area contributed by atoms with E-state index in [9.17, 15) is 0 Å². The summed E-state index contributed by atoms with van der Waals surface area (Å²) in [6, 6.07) is 20.8. The van der Waals surface area contributed by atoms with E-state index in [1.54, 1.807) is 11.8 Å². The van der Waals surface area contributed by atoms with Crippen LogP contribution in [0.4, 0.5) is 0 Å². The fraction of sp³-hybridized carbons (Fsp3) is 0. The van der Waals surface area contributed by atoms with Crippen LogP contribution >= 0.6 is 11.8 Å². The van der Waals surface area contributed by atoms with Gasteiger partial charge in [0.2, 0.25) is 0 Å². The third-order valence-corrected chi connectivity index (χ3v) is 2.74. The minimum Gasteiger partial charge on any atom is -0.307 e. The molecule has 2 aromatic rings. The maximum Gasteiger partial charge on any atom is 0.106 e. The molecule has 0 atom stereocenters. The van der Waals surface area contributed by atoms with Gasteiger partial charge in [-0.25, -0.2) is 0 Å². The molecular weight excluding hydrogens is 204 g/mol. The van der Waals surface area contributed by atoms with Gasteiger partial charge in [-0.15, -0.1) is 0 Å². The van der Waals surface area contributed by atoms with E-state index >= 15 is 0 Å². The highest BCUT2D eigenvalue weighted by Crippen LogP contribution is 2.26. The average molecular weight is 216 g/mol. The summed E-state index contributed by atoms with van der Waals surface area (Å²) in [5, 5.41) is 0. The highest BCUT2D eigenvalue weighted by Gasteiger charge is 1.93. The molecule has 1 nitrogen and oxygen atoms in total. The standard InChI is InChI=1S/C12H10S.CH2O/c1-3-7-11(8-4-1)13-12-9-5-2-6-10-12;1-2/h1-10H;1H2. The van der Waals surface area contributed by atoms with Crippen molar-refractivity contribution in [3.63, 3.8) is 0 Å². The molecule has 0 spiro atoms. The van der Waals surface area contributed by atoms with Crippen molar-refractivity contribution in [2.24, 2.45) is 0 Å². The average Bonchev–Trinajstić information content (AvgIpc) is 2.34. The van der Waals surface area contributed by atoms with Crippen LogP contribution in [0.5, 0.6) is 0 Å². The first-order valence-electron chi connectivity index (χ1n) is 4.52. The number of carbonyl (C=O) groups excluding carboxylic acids is 1. The second-order valence-electron chi connectivity index (χ2n) is 2.73. The first kappa shape index (κ1) is 11.5. The molecule has 0 heterocycles. The molecule has 0 radical (unpaired) electrons. The molecular formula is C13H12OS. The van der Waals surface area contributed by atoms with Crippen molar-refractivity contribution in [2.75, 3.05) is 0 Å². The molecule has 0 aliphatic carbocycles. The van der Waals surface area contributed by atoms with Gasteiger partial charge < -0.3 is 4.79 Å². The minimum absolute atomic E-state index is 1.29. The second kappa shape index (κ2) is 6.85. The maximum atomic E-state index is 8.00. The lowest BCUT2D eigenvalue weighted by atomic mass is 10.4. The summed E-state index contributed by atoms with van der Waals surface area (Å²) in [6.07, 6.45) is 0. The zero-order valence-electron chi connectivity index (χ0n) is 8.30. The molecule has 0 amide bonds. The van der Waals surface area contributed by atoms with Crippen molar-refractivity contribution < 1.29 is 4.79 Å². The van der Waals surface area contributed by atoms with Gasteiger partial charge in [-0.3, -0.25) is 0 Å². The topological polar surface area (TPSA) is 17.1 Å². The van der Waals surface area contributed by atoms with Gasteiger partial charge in [-0.1, -0.05) is 48.2 Å². The van der Waals surface area contributed by atoms with Gasteiger partial charge >= 0.3 is 0 Å². The smallest absolute Gasteiger partial charge is 0.106 e. The van der Waals surface area contributed by atoms with Crippen molar-refractivity contribution in [3.8, 4) is 0 Å². The van der Waals surface area contributed by atoms with Gasteiger partial charge in [0.15, 0.2) is 0 Å². The fourth-order valence-corrected chi connectivity index (χ4v) is 1.97. The summed E-state index contributed by atoms with van der Waals surface area (Å²) in [5.74, 6) is 0. The summed E-state index contributed by atoms with van der Waals surface area (Å²) in [6.45, 7) is 2.00. The number of rotatable bonds is 2. The van der Waals surface area contributed by atoms with Gasteiger partial charge in [0.1, 0.15) is 6.79 Å². The Morgan fingerprint density at radius 3 is 1.33 bits per heavy atom. The highest BCUT2D eigenvalue weighted by atomic mass is 32.2. The van der Waals surface area contributed by atoms with Crippen LogP contribution in [-0.2, 0) is 4.79 Å². The third-order valence-electron chi connectivity index (χ3n) is 1.72. The van der Waals surface area contributed by atoms with Crippen LogP contribution in [0.3, 0.4) is 0 Å². The van der Waals surface area contributed by atoms with Gasteiger partial charge in [0, 0.05) is 9.79 Å². The Kier molecular flexibility index (Phi) is 5.26. The molecule has 0 unspecified atom stereocenters. The van der Waals surface area contributed by atoms with E-state index in [0.29, 0.717) is 0 Å². The molecule has 15 heavy (non-hydrogen) atoms. The van der Waals surface area contributed by atoms with Crippen molar-refractivity contribution in [3.05, 3.63) is 60.7 Å². The number of benzene rings is 2. The third kappa shape index (κ3) is 4.00. The summed E-state index contributed by atoms with van der Waals surface area (Å²) < 4.78 is 0. The summed E-state index contributed by atoms with van der Waals surface area (Å²) in [4.78, 5) is 10.6. The van der Waals surface area contributed by atoms with E-state index in [4.69, 9.17) is 4.79 Å². The zero-order chi connectivity index (χ0) is 10.9. The fourth-order valence-electron chi connectivity index (χ4n) is 1.11. The Hall–Kier alpha value is -1.54. The second-order valence-corrected chi connectivity index (χ2v) is 3.88. The van der Waals surface area contributed by atoms with Crippen LogP contribution in [-0.4, -0.2) is 6.79 Å². The molecule has 76 valence electrons. The van der Waals surface area contributed by atoms with Gasteiger partial charge in [0.05, 0.1) is 0 Å². The maximum absolute atomic E-state index is 8.00. The molecule has 2 aromatic carbocycles. The van der Waals surface area contributed by atoms with Crippen molar-refractivity contribution in [1.82, 2.24) is 0 Å². The Morgan fingerprint density at radius 1 is 0.667 bits per heavy atom. The quantitative estimate of drug-likeness (QED) is 0.762. The first-order valence-corrected chi connectivity index (χ1v) is 5.33. The molecule has 0 aromatic heterocycles. The van der Waals surface area contributed by atoms with Gasteiger partial charge in [0.25, 0.3) is 0 Å². The van der Waals surface area contributed by atoms with E-state index in [1.165, 1.54) is 9.79 Å². The van der Waals surface area contributed by atoms with E-state index in [0.717, 1.165) is 0 Å². The Bertz CT molecular complexity index is 335.